The van der Waals surface area contributed by atoms with Gasteiger partial charge in [0.2, 0.25) is 5.83 Å². The van der Waals surface area contributed by atoms with E-state index in [1.165, 1.54) is 0 Å². The maximum atomic E-state index is 12.1. The van der Waals surface area contributed by atoms with Crippen LogP contribution in [-0.4, -0.2) is 12.3 Å². The Balaban J connectivity index is 4.68. The van der Waals surface area contributed by atoms with Gasteiger partial charge in [-0.3, -0.25) is 0 Å². The Labute approximate surface area is 68.3 Å². The molecule has 0 aliphatic rings. The zero-order chi connectivity index (χ0) is 10.6. The summed E-state index contributed by atoms with van der Waals surface area (Å²) in [4.78, 5) is 0. The molecule has 0 saturated heterocycles. The van der Waals surface area contributed by atoms with E-state index in [0.717, 1.165) is 0 Å². The first-order valence-electron chi connectivity index (χ1n) is 2.84. The molecule has 0 aliphatic carbocycles. The molecule has 0 aliphatic heterocycles. The predicted octanol–water partition coefficient (Wildman–Crippen LogP) is 3.52. The highest BCUT2D eigenvalue weighted by atomic mass is 19.3. The van der Waals surface area contributed by atoms with E-state index in [-0.39, 0.29) is 6.08 Å². The molecule has 0 aromatic rings. The maximum Gasteiger partial charge on any atom is 0.322 e. The molecule has 0 amide bonds. The summed E-state index contributed by atoms with van der Waals surface area (Å²) in [6.07, 6.45) is -7.47. The molecule has 0 aromatic carbocycles. The molecule has 0 atom stereocenters. The molecule has 13 heavy (non-hydrogen) atoms. The Bertz CT molecular complexity index is 223. The third kappa shape index (κ3) is 3.95. The summed E-state index contributed by atoms with van der Waals surface area (Å²) >= 11 is 0. The minimum absolute atomic E-state index is 0.372. The van der Waals surface area contributed by atoms with E-state index in [0.29, 0.717) is 0 Å². The van der Waals surface area contributed by atoms with Gasteiger partial charge in [-0.05, 0) is 12.2 Å². The standard InChI is InChI=1S/C6H3F7/c7-3(8)1-2-6(12,13)4(9)5(10)11/h1-3H. The fourth-order valence-corrected chi connectivity index (χ4v) is 0.393. The van der Waals surface area contributed by atoms with Crippen LogP contribution in [0.15, 0.2) is 24.1 Å². The van der Waals surface area contributed by atoms with Crippen LogP contribution >= 0.6 is 0 Å². The van der Waals surface area contributed by atoms with Gasteiger partial charge >= 0.3 is 12.0 Å². The molecule has 0 spiro atoms. The predicted molar refractivity (Wildman–Crippen MR) is 30.4 cm³/mol. The van der Waals surface area contributed by atoms with Crippen LogP contribution in [0.1, 0.15) is 0 Å². The molecule has 0 bridgehead atoms. The third-order valence-electron chi connectivity index (χ3n) is 0.910. The minimum atomic E-state index is -4.69. The second kappa shape index (κ2) is 4.29. The van der Waals surface area contributed by atoms with E-state index < -0.39 is 30.3 Å². The van der Waals surface area contributed by atoms with E-state index in [9.17, 15) is 30.7 Å². The minimum Gasteiger partial charge on any atom is -0.206 e. The van der Waals surface area contributed by atoms with Crippen LogP contribution in [0.4, 0.5) is 30.7 Å². The van der Waals surface area contributed by atoms with Gasteiger partial charge in [0.05, 0.1) is 0 Å². The molecule has 0 fully saturated rings. The first-order chi connectivity index (χ1) is 5.77. The Morgan fingerprint density at radius 2 is 1.54 bits per heavy atom. The number of hydrogen-bond donors (Lipinski definition) is 0. The Morgan fingerprint density at radius 1 is 1.08 bits per heavy atom. The molecule has 0 saturated carbocycles. The molecule has 0 aromatic heterocycles. The van der Waals surface area contributed by atoms with Crippen molar-refractivity contribution in [3.8, 4) is 0 Å². The summed E-state index contributed by atoms with van der Waals surface area (Å²) in [5.41, 5.74) is 0. The van der Waals surface area contributed by atoms with Gasteiger partial charge in [-0.15, -0.1) is 0 Å². The lowest BCUT2D eigenvalue weighted by atomic mass is 10.3. The first kappa shape index (κ1) is 12.0. The van der Waals surface area contributed by atoms with Crippen molar-refractivity contribution in [3.05, 3.63) is 24.1 Å². The topological polar surface area (TPSA) is 0 Å². The van der Waals surface area contributed by atoms with Crippen LogP contribution in [0.5, 0.6) is 0 Å². The molecule has 76 valence electrons. The zero-order valence-electron chi connectivity index (χ0n) is 5.88. The number of rotatable bonds is 3. The van der Waals surface area contributed by atoms with Gasteiger partial charge in [0.1, 0.15) is 0 Å². The van der Waals surface area contributed by atoms with Crippen LogP contribution in [0.25, 0.3) is 0 Å². The Morgan fingerprint density at radius 3 is 1.85 bits per heavy atom. The van der Waals surface area contributed by atoms with E-state index >= 15 is 0 Å². The van der Waals surface area contributed by atoms with Crippen molar-refractivity contribution in [2.75, 3.05) is 0 Å². The molecular formula is C6H3F7. The molecule has 0 radical (unpaired) electrons. The maximum absolute atomic E-state index is 12.1. The van der Waals surface area contributed by atoms with Gasteiger partial charge in [-0.25, -0.2) is 8.78 Å². The van der Waals surface area contributed by atoms with Gasteiger partial charge in [0, 0.05) is 0 Å². The van der Waals surface area contributed by atoms with Crippen molar-refractivity contribution in [3.63, 3.8) is 0 Å². The van der Waals surface area contributed by atoms with E-state index in [4.69, 9.17) is 0 Å². The monoisotopic (exact) mass is 208 g/mol. The Hall–Kier alpha value is -1.01. The molecule has 0 N–H and O–H groups in total. The van der Waals surface area contributed by atoms with Crippen molar-refractivity contribution in [1.29, 1.82) is 0 Å². The van der Waals surface area contributed by atoms with Crippen molar-refractivity contribution < 1.29 is 30.7 Å². The number of hydrogen-bond acceptors (Lipinski definition) is 0. The largest absolute Gasteiger partial charge is 0.322 e. The highest BCUT2D eigenvalue weighted by molar-refractivity contribution is 5.15. The fraction of sp³-hybridized carbons (Fsp3) is 0.333. The average molecular weight is 208 g/mol. The second-order valence-corrected chi connectivity index (χ2v) is 1.89. The van der Waals surface area contributed by atoms with Crippen LogP contribution < -0.4 is 0 Å². The van der Waals surface area contributed by atoms with Crippen molar-refractivity contribution in [1.82, 2.24) is 0 Å². The first-order valence-corrected chi connectivity index (χ1v) is 2.84. The molecule has 7 heteroatoms. The lowest BCUT2D eigenvalue weighted by Crippen LogP contribution is -2.14. The highest BCUT2D eigenvalue weighted by Gasteiger charge is 2.36. The normalized spacial score (nSPS) is 12.6. The molecule has 0 rings (SSSR count). The summed E-state index contributed by atoms with van der Waals surface area (Å²) in [5, 5.41) is 0. The lowest BCUT2D eigenvalue weighted by Gasteiger charge is -2.07. The summed E-state index contributed by atoms with van der Waals surface area (Å²) in [6.45, 7) is 0. The van der Waals surface area contributed by atoms with Crippen LogP contribution in [-0.2, 0) is 0 Å². The van der Waals surface area contributed by atoms with Crippen LogP contribution in [0.2, 0.25) is 0 Å². The second-order valence-electron chi connectivity index (χ2n) is 1.89. The molecular weight excluding hydrogens is 205 g/mol. The quantitative estimate of drug-likeness (QED) is 0.491. The van der Waals surface area contributed by atoms with Crippen molar-refractivity contribution in [2.24, 2.45) is 0 Å². The van der Waals surface area contributed by atoms with Crippen LogP contribution in [0.3, 0.4) is 0 Å². The molecule has 0 nitrogen and oxygen atoms in total. The number of allylic oxidation sites excluding steroid dienone is 3. The zero-order valence-corrected chi connectivity index (χ0v) is 5.88. The summed E-state index contributed by atoms with van der Waals surface area (Å²) in [6, 6.07) is 0. The fourth-order valence-electron chi connectivity index (χ4n) is 0.393. The smallest absolute Gasteiger partial charge is 0.206 e. The molecule has 0 heterocycles. The van der Waals surface area contributed by atoms with E-state index in [1.54, 1.807) is 0 Å². The van der Waals surface area contributed by atoms with Gasteiger partial charge in [-0.2, -0.15) is 22.0 Å². The summed E-state index contributed by atoms with van der Waals surface area (Å²) in [7, 11) is 0. The SMILES string of the molecule is FC(F)=C(F)C(F)(F)C=CC(F)F. The van der Waals surface area contributed by atoms with Gasteiger partial charge in [-0.1, -0.05) is 0 Å². The number of alkyl halides is 4. The van der Waals surface area contributed by atoms with Gasteiger partial charge in [0.15, 0.2) is 0 Å². The lowest BCUT2D eigenvalue weighted by molar-refractivity contribution is 0.0590. The summed E-state index contributed by atoms with van der Waals surface area (Å²) in [5.74, 6) is -7.71. The van der Waals surface area contributed by atoms with E-state index in [2.05, 4.69) is 0 Å². The highest BCUT2D eigenvalue weighted by Crippen LogP contribution is 2.30. The van der Waals surface area contributed by atoms with Crippen LogP contribution in [0, 0.1) is 0 Å². The summed E-state index contributed by atoms with van der Waals surface area (Å²) < 4.78 is 81.1. The van der Waals surface area contributed by atoms with E-state index in [1.807, 2.05) is 0 Å². The third-order valence-corrected chi connectivity index (χ3v) is 0.910. The van der Waals surface area contributed by atoms with Gasteiger partial charge < -0.3 is 0 Å². The Kier molecular flexibility index (Phi) is 3.96. The van der Waals surface area contributed by atoms with Crippen molar-refractivity contribution >= 4 is 0 Å². The number of halogens is 7. The van der Waals surface area contributed by atoms with Crippen molar-refractivity contribution in [2.45, 2.75) is 12.3 Å². The molecule has 0 unspecified atom stereocenters. The van der Waals surface area contributed by atoms with Gasteiger partial charge in [0.25, 0.3) is 6.43 Å². The average Bonchev–Trinajstić information content (AvgIpc) is 1.99.